The van der Waals surface area contributed by atoms with Gasteiger partial charge in [-0.25, -0.2) is 0 Å². The molecule has 0 aliphatic heterocycles. The SMILES string of the molecule is CCOCC(C)n1c(C)cc(C(=O)c2cccs2)c1C. The number of aromatic nitrogens is 1. The second-order valence-corrected chi connectivity index (χ2v) is 5.92. The lowest BCUT2D eigenvalue weighted by atomic mass is 10.1. The summed E-state index contributed by atoms with van der Waals surface area (Å²) in [6, 6.07) is 6.01. The van der Waals surface area contributed by atoms with Crippen LogP contribution in [0.4, 0.5) is 0 Å². The van der Waals surface area contributed by atoms with Crippen molar-refractivity contribution in [2.45, 2.75) is 33.7 Å². The van der Waals surface area contributed by atoms with E-state index in [4.69, 9.17) is 4.74 Å². The largest absolute Gasteiger partial charge is 0.380 e. The number of aryl methyl sites for hydroxylation is 1. The first kappa shape index (κ1) is 15.0. The first-order chi connectivity index (χ1) is 9.56. The molecule has 0 bridgehead atoms. The van der Waals surface area contributed by atoms with E-state index in [2.05, 4.69) is 11.5 Å². The van der Waals surface area contributed by atoms with Gasteiger partial charge in [-0.2, -0.15) is 0 Å². The van der Waals surface area contributed by atoms with Crippen molar-refractivity contribution in [2.24, 2.45) is 0 Å². The number of ketones is 1. The van der Waals surface area contributed by atoms with Crippen molar-refractivity contribution in [1.82, 2.24) is 4.57 Å². The van der Waals surface area contributed by atoms with Crippen molar-refractivity contribution in [3.8, 4) is 0 Å². The number of ether oxygens (including phenoxy) is 1. The van der Waals surface area contributed by atoms with Crippen LogP contribution < -0.4 is 0 Å². The summed E-state index contributed by atoms with van der Waals surface area (Å²) >= 11 is 1.49. The molecule has 0 radical (unpaired) electrons. The lowest BCUT2D eigenvalue weighted by Gasteiger charge is -2.18. The lowest BCUT2D eigenvalue weighted by molar-refractivity contribution is 0.104. The van der Waals surface area contributed by atoms with Gasteiger partial charge in [0.2, 0.25) is 5.78 Å². The summed E-state index contributed by atoms with van der Waals surface area (Å²) in [5.41, 5.74) is 2.93. The van der Waals surface area contributed by atoms with Gasteiger partial charge in [0.25, 0.3) is 0 Å². The van der Waals surface area contributed by atoms with Gasteiger partial charge in [0, 0.05) is 23.6 Å². The zero-order valence-corrected chi connectivity index (χ0v) is 13.3. The quantitative estimate of drug-likeness (QED) is 0.753. The average Bonchev–Trinajstić information content (AvgIpc) is 3.04. The number of carbonyl (C=O) groups excluding carboxylic acids is 1. The first-order valence-electron chi connectivity index (χ1n) is 6.90. The third kappa shape index (κ3) is 2.86. The second-order valence-electron chi connectivity index (χ2n) is 4.97. The number of carbonyl (C=O) groups is 1. The van der Waals surface area contributed by atoms with Gasteiger partial charge in [-0.3, -0.25) is 4.79 Å². The van der Waals surface area contributed by atoms with Gasteiger partial charge in [0.05, 0.1) is 17.5 Å². The van der Waals surface area contributed by atoms with Crippen molar-refractivity contribution in [3.63, 3.8) is 0 Å². The van der Waals surface area contributed by atoms with Crippen LogP contribution in [0.5, 0.6) is 0 Å². The highest BCUT2D eigenvalue weighted by molar-refractivity contribution is 7.12. The van der Waals surface area contributed by atoms with Crippen LogP contribution in [-0.2, 0) is 4.74 Å². The summed E-state index contributed by atoms with van der Waals surface area (Å²) in [5.74, 6) is 0.114. The predicted molar refractivity (Wildman–Crippen MR) is 82.9 cm³/mol. The molecule has 0 aliphatic carbocycles. The Morgan fingerprint density at radius 3 is 2.80 bits per heavy atom. The molecule has 108 valence electrons. The molecule has 2 heterocycles. The molecule has 0 saturated heterocycles. The van der Waals surface area contributed by atoms with Crippen molar-refractivity contribution < 1.29 is 9.53 Å². The van der Waals surface area contributed by atoms with Crippen LogP contribution in [0.1, 0.15) is 46.5 Å². The minimum absolute atomic E-state index is 0.114. The Balaban J connectivity index is 2.31. The Hall–Kier alpha value is -1.39. The molecule has 3 nitrogen and oxygen atoms in total. The number of hydrogen-bond acceptors (Lipinski definition) is 3. The van der Waals surface area contributed by atoms with Gasteiger partial charge in [0.15, 0.2) is 0 Å². The van der Waals surface area contributed by atoms with Crippen LogP contribution in [0.25, 0.3) is 0 Å². The highest BCUT2D eigenvalue weighted by Gasteiger charge is 2.20. The van der Waals surface area contributed by atoms with Gasteiger partial charge >= 0.3 is 0 Å². The third-order valence-corrected chi connectivity index (χ3v) is 4.35. The van der Waals surface area contributed by atoms with E-state index in [-0.39, 0.29) is 11.8 Å². The molecule has 2 rings (SSSR count). The predicted octanol–water partition coefficient (Wildman–Crippen LogP) is 3.99. The van der Waals surface area contributed by atoms with E-state index in [9.17, 15) is 4.79 Å². The van der Waals surface area contributed by atoms with E-state index in [1.807, 2.05) is 44.4 Å². The maximum Gasteiger partial charge on any atom is 0.204 e. The summed E-state index contributed by atoms with van der Waals surface area (Å²) in [6.45, 7) is 9.55. The average molecular weight is 291 g/mol. The number of nitrogens with zero attached hydrogens (tertiary/aromatic N) is 1. The Kier molecular flexibility index (Phi) is 4.78. The van der Waals surface area contributed by atoms with Gasteiger partial charge < -0.3 is 9.30 Å². The number of thiophene rings is 1. The van der Waals surface area contributed by atoms with E-state index in [1.165, 1.54) is 11.3 Å². The number of hydrogen-bond donors (Lipinski definition) is 0. The standard InChI is InChI=1S/C16H21NO2S/c1-5-19-10-12(3)17-11(2)9-14(13(17)4)16(18)15-7-6-8-20-15/h6-9,12H,5,10H2,1-4H3. The van der Waals surface area contributed by atoms with Crippen molar-refractivity contribution >= 4 is 17.1 Å². The third-order valence-electron chi connectivity index (χ3n) is 3.48. The highest BCUT2D eigenvalue weighted by atomic mass is 32.1. The maximum absolute atomic E-state index is 12.5. The zero-order valence-electron chi connectivity index (χ0n) is 12.5. The first-order valence-corrected chi connectivity index (χ1v) is 7.78. The van der Waals surface area contributed by atoms with Crippen LogP contribution >= 0.6 is 11.3 Å². The van der Waals surface area contributed by atoms with E-state index in [0.717, 1.165) is 21.8 Å². The molecular weight excluding hydrogens is 270 g/mol. The van der Waals surface area contributed by atoms with Crippen molar-refractivity contribution in [2.75, 3.05) is 13.2 Å². The smallest absolute Gasteiger partial charge is 0.204 e. The summed E-state index contributed by atoms with van der Waals surface area (Å²) in [7, 11) is 0. The monoisotopic (exact) mass is 291 g/mol. The van der Waals surface area contributed by atoms with Gasteiger partial charge in [-0.15, -0.1) is 11.3 Å². The van der Waals surface area contributed by atoms with Crippen LogP contribution in [0, 0.1) is 13.8 Å². The van der Waals surface area contributed by atoms with Crippen molar-refractivity contribution in [3.05, 3.63) is 45.4 Å². The van der Waals surface area contributed by atoms with Gasteiger partial charge in [-0.1, -0.05) is 6.07 Å². The van der Waals surface area contributed by atoms with Crippen LogP contribution in [0.15, 0.2) is 23.6 Å². The van der Waals surface area contributed by atoms with Crippen molar-refractivity contribution in [1.29, 1.82) is 0 Å². The molecule has 1 unspecified atom stereocenters. The molecule has 0 fully saturated rings. The minimum Gasteiger partial charge on any atom is -0.380 e. The molecule has 0 spiro atoms. The summed E-state index contributed by atoms with van der Waals surface area (Å²) in [5, 5.41) is 1.93. The molecule has 0 aliphatic rings. The van der Waals surface area contributed by atoms with E-state index in [1.54, 1.807) is 0 Å². The Morgan fingerprint density at radius 2 is 2.20 bits per heavy atom. The Labute approximate surface area is 124 Å². The normalized spacial score (nSPS) is 12.6. The second kappa shape index (κ2) is 6.37. The number of rotatable bonds is 6. The summed E-state index contributed by atoms with van der Waals surface area (Å²) in [6.07, 6.45) is 0. The highest BCUT2D eigenvalue weighted by Crippen LogP contribution is 2.24. The van der Waals surface area contributed by atoms with Crippen LogP contribution in [0.2, 0.25) is 0 Å². The fourth-order valence-electron chi connectivity index (χ4n) is 2.59. The molecule has 0 amide bonds. The Morgan fingerprint density at radius 1 is 1.45 bits per heavy atom. The molecule has 4 heteroatoms. The molecule has 2 aromatic rings. The molecule has 20 heavy (non-hydrogen) atoms. The topological polar surface area (TPSA) is 31.2 Å². The molecule has 2 aromatic heterocycles. The van der Waals surface area contributed by atoms with E-state index < -0.39 is 0 Å². The minimum atomic E-state index is 0.114. The van der Waals surface area contributed by atoms with Gasteiger partial charge in [-0.05, 0) is 45.2 Å². The van der Waals surface area contributed by atoms with Gasteiger partial charge in [0.1, 0.15) is 0 Å². The fraction of sp³-hybridized carbons (Fsp3) is 0.438. The maximum atomic E-state index is 12.5. The van der Waals surface area contributed by atoms with Crippen LogP contribution in [0.3, 0.4) is 0 Å². The van der Waals surface area contributed by atoms with Crippen LogP contribution in [-0.4, -0.2) is 23.6 Å². The molecule has 0 aromatic carbocycles. The fourth-order valence-corrected chi connectivity index (χ4v) is 3.27. The molecule has 0 saturated carbocycles. The zero-order chi connectivity index (χ0) is 14.7. The molecular formula is C16H21NO2S. The molecule has 1 atom stereocenters. The lowest BCUT2D eigenvalue weighted by Crippen LogP contribution is -2.15. The molecule has 0 N–H and O–H groups in total. The van der Waals surface area contributed by atoms with E-state index >= 15 is 0 Å². The summed E-state index contributed by atoms with van der Waals surface area (Å²) in [4.78, 5) is 13.3. The summed E-state index contributed by atoms with van der Waals surface area (Å²) < 4.78 is 7.69. The van der Waals surface area contributed by atoms with E-state index in [0.29, 0.717) is 13.2 Å². The Bertz CT molecular complexity index is 584.